The SMILES string of the molecule is Cc1cc(C2(c3ccc(F)c(OCC4CC4)c3)CN(C)C(N)=N2)ccc1OC(F)F. The zero-order chi connectivity index (χ0) is 21.5. The number of nitrogens with zero attached hydrogens (tertiary/aromatic N) is 2. The summed E-state index contributed by atoms with van der Waals surface area (Å²) in [5.74, 6) is 0.662. The van der Waals surface area contributed by atoms with Crippen molar-refractivity contribution in [1.82, 2.24) is 4.90 Å². The summed E-state index contributed by atoms with van der Waals surface area (Å²) in [6.07, 6.45) is 2.20. The molecule has 2 aromatic carbocycles. The Hall–Kier alpha value is -2.90. The lowest BCUT2D eigenvalue weighted by atomic mass is 9.82. The molecule has 2 aliphatic rings. The van der Waals surface area contributed by atoms with Gasteiger partial charge in [0, 0.05) is 7.05 Å². The van der Waals surface area contributed by atoms with E-state index in [4.69, 9.17) is 15.5 Å². The molecule has 8 heteroatoms. The van der Waals surface area contributed by atoms with E-state index in [2.05, 4.69) is 4.74 Å². The van der Waals surface area contributed by atoms with E-state index in [1.807, 2.05) is 7.05 Å². The van der Waals surface area contributed by atoms with Crippen molar-refractivity contribution in [3.63, 3.8) is 0 Å². The maximum atomic E-state index is 14.4. The molecular weight excluding hydrogens is 395 g/mol. The fourth-order valence-corrected chi connectivity index (χ4v) is 3.72. The Labute approximate surface area is 173 Å². The van der Waals surface area contributed by atoms with E-state index < -0.39 is 18.0 Å². The van der Waals surface area contributed by atoms with Gasteiger partial charge in [-0.2, -0.15) is 8.78 Å². The van der Waals surface area contributed by atoms with Crippen LogP contribution in [-0.2, 0) is 5.54 Å². The van der Waals surface area contributed by atoms with Crippen LogP contribution in [0.1, 0.15) is 29.5 Å². The molecule has 2 aromatic rings. The summed E-state index contributed by atoms with van der Waals surface area (Å²) in [5, 5.41) is 0. The van der Waals surface area contributed by atoms with Gasteiger partial charge in [0.25, 0.3) is 0 Å². The minimum Gasteiger partial charge on any atom is -0.490 e. The number of nitrogens with two attached hydrogens (primary N) is 1. The van der Waals surface area contributed by atoms with Crippen LogP contribution in [-0.4, -0.2) is 37.7 Å². The van der Waals surface area contributed by atoms with Crippen LogP contribution in [0.3, 0.4) is 0 Å². The summed E-state index contributed by atoms with van der Waals surface area (Å²) in [4.78, 5) is 6.50. The molecule has 0 saturated heterocycles. The maximum absolute atomic E-state index is 14.4. The van der Waals surface area contributed by atoms with E-state index in [1.54, 1.807) is 36.1 Å². The number of aryl methyl sites for hydroxylation is 1. The van der Waals surface area contributed by atoms with Gasteiger partial charge in [0.2, 0.25) is 0 Å². The van der Waals surface area contributed by atoms with Gasteiger partial charge in [-0.3, -0.25) is 0 Å². The molecule has 1 atom stereocenters. The molecule has 5 nitrogen and oxygen atoms in total. The first kappa shape index (κ1) is 20.4. The van der Waals surface area contributed by atoms with Gasteiger partial charge >= 0.3 is 6.61 Å². The second-order valence-corrected chi connectivity index (χ2v) is 7.94. The summed E-state index contributed by atoms with van der Waals surface area (Å²) in [5.41, 5.74) is 7.17. The molecule has 1 aliphatic heterocycles. The van der Waals surface area contributed by atoms with Crippen LogP contribution in [0.2, 0.25) is 0 Å². The molecule has 30 heavy (non-hydrogen) atoms. The number of ether oxygens (including phenoxy) is 2. The van der Waals surface area contributed by atoms with E-state index in [1.165, 1.54) is 12.1 Å². The van der Waals surface area contributed by atoms with E-state index in [0.29, 0.717) is 36.2 Å². The van der Waals surface area contributed by atoms with Crippen molar-refractivity contribution in [2.24, 2.45) is 16.6 Å². The van der Waals surface area contributed by atoms with E-state index >= 15 is 0 Å². The van der Waals surface area contributed by atoms with Crippen LogP contribution >= 0.6 is 0 Å². The van der Waals surface area contributed by atoms with Crippen molar-refractivity contribution < 1.29 is 22.6 Å². The molecule has 0 bridgehead atoms. The van der Waals surface area contributed by atoms with Crippen LogP contribution in [0.5, 0.6) is 11.5 Å². The number of hydrogen-bond donors (Lipinski definition) is 1. The number of hydrogen-bond acceptors (Lipinski definition) is 5. The number of guanidine groups is 1. The first-order valence-electron chi connectivity index (χ1n) is 9.84. The van der Waals surface area contributed by atoms with Gasteiger partial charge in [0.05, 0.1) is 13.2 Å². The van der Waals surface area contributed by atoms with Crippen molar-refractivity contribution in [2.45, 2.75) is 31.9 Å². The van der Waals surface area contributed by atoms with Crippen molar-refractivity contribution in [1.29, 1.82) is 0 Å². The summed E-state index contributed by atoms with van der Waals surface area (Å²) < 4.78 is 49.9. The molecule has 0 amide bonds. The Bertz CT molecular complexity index is 978. The molecule has 0 aromatic heterocycles. The minimum absolute atomic E-state index is 0.0970. The number of rotatable bonds is 7. The van der Waals surface area contributed by atoms with Crippen LogP contribution in [0.25, 0.3) is 0 Å². The molecule has 0 spiro atoms. The van der Waals surface area contributed by atoms with Crippen molar-refractivity contribution in [3.8, 4) is 11.5 Å². The average molecular weight is 419 g/mol. The molecule has 1 saturated carbocycles. The molecule has 2 N–H and O–H groups in total. The summed E-state index contributed by atoms with van der Waals surface area (Å²) >= 11 is 0. The Kier molecular flexibility index (Phi) is 5.26. The second-order valence-electron chi connectivity index (χ2n) is 7.94. The highest BCUT2D eigenvalue weighted by Gasteiger charge is 2.41. The number of aliphatic imine (C=N–C) groups is 1. The highest BCUT2D eigenvalue weighted by atomic mass is 19.3. The predicted octanol–water partition coefficient (Wildman–Crippen LogP) is 4.03. The fourth-order valence-electron chi connectivity index (χ4n) is 3.72. The van der Waals surface area contributed by atoms with Crippen molar-refractivity contribution >= 4 is 5.96 Å². The normalized spacial score (nSPS) is 21.1. The molecule has 1 fully saturated rings. The van der Waals surface area contributed by atoms with Crippen molar-refractivity contribution in [3.05, 3.63) is 58.9 Å². The third-order valence-electron chi connectivity index (χ3n) is 5.61. The van der Waals surface area contributed by atoms with Gasteiger partial charge in [-0.05, 0) is 66.6 Å². The van der Waals surface area contributed by atoms with E-state index in [-0.39, 0.29) is 11.5 Å². The molecule has 0 radical (unpaired) electrons. The quantitative estimate of drug-likeness (QED) is 0.736. The number of alkyl halides is 2. The Morgan fingerprint density at radius 1 is 1.17 bits per heavy atom. The summed E-state index contributed by atoms with van der Waals surface area (Å²) in [7, 11) is 1.82. The standard InChI is InChI=1S/C22H24F3N3O2/c1-13-9-15(6-8-18(13)30-20(24)25)22(12-28(2)21(26)27-22)16-5-7-17(23)19(10-16)29-11-14-3-4-14/h5-10,14,20H,3-4,11-12H2,1-2H3,(H2,26,27). The monoisotopic (exact) mass is 419 g/mol. The Morgan fingerprint density at radius 3 is 2.47 bits per heavy atom. The first-order chi connectivity index (χ1) is 14.3. The second kappa shape index (κ2) is 7.74. The fraction of sp³-hybridized carbons (Fsp3) is 0.409. The van der Waals surface area contributed by atoms with E-state index in [0.717, 1.165) is 18.4 Å². The molecule has 4 rings (SSSR count). The molecule has 1 heterocycles. The minimum atomic E-state index is -2.90. The zero-order valence-corrected chi connectivity index (χ0v) is 16.9. The number of halogens is 3. The van der Waals surface area contributed by atoms with Crippen molar-refractivity contribution in [2.75, 3.05) is 20.2 Å². The van der Waals surface area contributed by atoms with E-state index in [9.17, 15) is 13.2 Å². The highest BCUT2D eigenvalue weighted by Crippen LogP contribution is 2.41. The van der Waals surface area contributed by atoms with Gasteiger partial charge in [-0.1, -0.05) is 12.1 Å². The van der Waals surface area contributed by atoms with Gasteiger partial charge in [0.1, 0.15) is 11.3 Å². The highest BCUT2D eigenvalue weighted by molar-refractivity contribution is 5.81. The van der Waals surface area contributed by atoms with Gasteiger partial charge < -0.3 is 20.1 Å². The lowest BCUT2D eigenvalue weighted by Gasteiger charge is -2.29. The lowest BCUT2D eigenvalue weighted by molar-refractivity contribution is -0.0503. The predicted molar refractivity (Wildman–Crippen MR) is 107 cm³/mol. The number of benzene rings is 2. The van der Waals surface area contributed by atoms with Crippen LogP contribution in [0.4, 0.5) is 13.2 Å². The van der Waals surface area contributed by atoms with Crippen LogP contribution < -0.4 is 15.2 Å². The topological polar surface area (TPSA) is 60.1 Å². The third-order valence-corrected chi connectivity index (χ3v) is 5.61. The molecule has 160 valence electrons. The molecule has 1 aliphatic carbocycles. The average Bonchev–Trinajstić information content (AvgIpc) is 3.47. The smallest absolute Gasteiger partial charge is 0.387 e. The maximum Gasteiger partial charge on any atom is 0.387 e. The van der Waals surface area contributed by atoms with Gasteiger partial charge in [0.15, 0.2) is 17.5 Å². The summed E-state index contributed by atoms with van der Waals surface area (Å²) in [6, 6.07) is 9.62. The lowest BCUT2D eigenvalue weighted by Crippen LogP contribution is -2.35. The zero-order valence-electron chi connectivity index (χ0n) is 16.9. The first-order valence-corrected chi connectivity index (χ1v) is 9.84. The third kappa shape index (κ3) is 3.91. The number of likely N-dealkylation sites (N-methyl/N-ethyl adjacent to an activating group) is 1. The molecule has 1 unspecified atom stereocenters. The summed E-state index contributed by atoms with van der Waals surface area (Å²) in [6.45, 7) is -0.313. The largest absolute Gasteiger partial charge is 0.490 e. The van der Waals surface area contributed by atoms with Gasteiger partial charge in [-0.25, -0.2) is 9.38 Å². The Morgan fingerprint density at radius 2 is 1.87 bits per heavy atom. The van der Waals surface area contributed by atoms with Crippen LogP contribution in [0, 0.1) is 18.7 Å². The Balaban J connectivity index is 1.75. The van der Waals surface area contributed by atoms with Crippen LogP contribution in [0.15, 0.2) is 41.4 Å². The van der Waals surface area contributed by atoms with Gasteiger partial charge in [-0.15, -0.1) is 0 Å². The molecular formula is C22H24F3N3O2.